The third-order valence-electron chi connectivity index (χ3n) is 4.44. The SMILES string of the molecule is COc1ccc(OCc2cc(=O)oc3ccc4ccccc4c23)c(C=O)c1. The lowest BCUT2D eigenvalue weighted by atomic mass is 10.0. The van der Waals surface area contributed by atoms with Gasteiger partial charge in [-0.25, -0.2) is 4.79 Å². The van der Waals surface area contributed by atoms with Crippen LogP contribution in [0.3, 0.4) is 0 Å². The average Bonchev–Trinajstić information content (AvgIpc) is 2.71. The van der Waals surface area contributed by atoms with Gasteiger partial charge in [-0.1, -0.05) is 30.3 Å². The number of rotatable bonds is 5. The fourth-order valence-electron chi connectivity index (χ4n) is 3.17. The number of ether oxygens (including phenoxy) is 2. The fourth-order valence-corrected chi connectivity index (χ4v) is 3.17. The molecule has 1 heterocycles. The van der Waals surface area contributed by atoms with Gasteiger partial charge in [0, 0.05) is 17.0 Å². The zero-order valence-corrected chi connectivity index (χ0v) is 14.6. The lowest BCUT2D eigenvalue weighted by Crippen LogP contribution is -2.05. The normalized spacial score (nSPS) is 10.9. The molecule has 3 aromatic carbocycles. The third kappa shape index (κ3) is 3.15. The van der Waals surface area contributed by atoms with Gasteiger partial charge in [0.2, 0.25) is 0 Å². The summed E-state index contributed by atoms with van der Waals surface area (Å²) in [5.41, 5.74) is 1.14. The minimum atomic E-state index is -0.443. The summed E-state index contributed by atoms with van der Waals surface area (Å²) in [6.45, 7) is 0.128. The summed E-state index contributed by atoms with van der Waals surface area (Å²) in [5, 5.41) is 2.84. The van der Waals surface area contributed by atoms with Crippen LogP contribution >= 0.6 is 0 Å². The Balaban J connectivity index is 1.79. The monoisotopic (exact) mass is 360 g/mol. The molecule has 5 heteroatoms. The van der Waals surface area contributed by atoms with Gasteiger partial charge in [0.05, 0.1) is 12.7 Å². The first kappa shape index (κ1) is 16.8. The second kappa shape index (κ2) is 6.96. The zero-order valence-electron chi connectivity index (χ0n) is 14.6. The Hall–Kier alpha value is -3.60. The van der Waals surface area contributed by atoms with E-state index in [1.165, 1.54) is 13.2 Å². The molecule has 0 aliphatic rings. The van der Waals surface area contributed by atoms with Crippen molar-refractivity contribution < 1.29 is 18.7 Å². The number of hydrogen-bond acceptors (Lipinski definition) is 5. The highest BCUT2D eigenvalue weighted by Crippen LogP contribution is 2.29. The van der Waals surface area contributed by atoms with Crippen LogP contribution in [0.5, 0.6) is 11.5 Å². The van der Waals surface area contributed by atoms with Crippen molar-refractivity contribution in [3.05, 3.63) is 82.2 Å². The number of carbonyl (C=O) groups excluding carboxylic acids is 1. The summed E-state index contributed by atoms with van der Waals surface area (Å²) in [6.07, 6.45) is 0.713. The topological polar surface area (TPSA) is 65.7 Å². The Morgan fingerprint density at radius 2 is 1.89 bits per heavy atom. The van der Waals surface area contributed by atoms with Crippen LogP contribution in [0.2, 0.25) is 0 Å². The van der Waals surface area contributed by atoms with Crippen molar-refractivity contribution in [2.24, 2.45) is 0 Å². The van der Waals surface area contributed by atoms with Crippen LogP contribution in [0.4, 0.5) is 0 Å². The van der Waals surface area contributed by atoms with Gasteiger partial charge in [-0.2, -0.15) is 0 Å². The second-order valence-electron chi connectivity index (χ2n) is 6.06. The van der Waals surface area contributed by atoms with Crippen molar-refractivity contribution in [2.75, 3.05) is 7.11 Å². The Bertz CT molecular complexity index is 1210. The van der Waals surface area contributed by atoms with Crippen molar-refractivity contribution in [2.45, 2.75) is 6.61 Å². The fraction of sp³-hybridized carbons (Fsp3) is 0.0909. The number of fused-ring (bicyclic) bond motifs is 3. The molecule has 0 atom stereocenters. The Morgan fingerprint density at radius 3 is 2.70 bits per heavy atom. The predicted molar refractivity (Wildman–Crippen MR) is 103 cm³/mol. The van der Waals surface area contributed by atoms with Gasteiger partial charge in [0.25, 0.3) is 0 Å². The van der Waals surface area contributed by atoms with E-state index >= 15 is 0 Å². The molecule has 4 rings (SSSR count). The highest BCUT2D eigenvalue weighted by atomic mass is 16.5. The summed E-state index contributed by atoms with van der Waals surface area (Å²) in [6, 6.07) is 18.0. The van der Waals surface area contributed by atoms with E-state index in [1.807, 2.05) is 30.3 Å². The van der Waals surface area contributed by atoms with Crippen LogP contribution in [-0.2, 0) is 6.61 Å². The smallest absolute Gasteiger partial charge is 0.336 e. The minimum Gasteiger partial charge on any atom is -0.497 e. The van der Waals surface area contributed by atoms with Crippen LogP contribution in [0.25, 0.3) is 21.7 Å². The molecule has 0 amide bonds. The van der Waals surface area contributed by atoms with Crippen molar-refractivity contribution in [1.29, 1.82) is 0 Å². The predicted octanol–water partition coefficient (Wildman–Crippen LogP) is 4.35. The Labute approximate surface area is 154 Å². The molecule has 0 aliphatic heterocycles. The molecule has 27 heavy (non-hydrogen) atoms. The molecule has 0 radical (unpaired) electrons. The number of hydrogen-bond donors (Lipinski definition) is 0. The van der Waals surface area contributed by atoms with Crippen LogP contribution in [0.1, 0.15) is 15.9 Å². The van der Waals surface area contributed by atoms with Crippen LogP contribution < -0.4 is 15.1 Å². The van der Waals surface area contributed by atoms with E-state index < -0.39 is 5.63 Å². The molecule has 0 unspecified atom stereocenters. The molecule has 0 saturated carbocycles. The average molecular weight is 360 g/mol. The van der Waals surface area contributed by atoms with Crippen molar-refractivity contribution in [3.63, 3.8) is 0 Å². The largest absolute Gasteiger partial charge is 0.497 e. The number of aldehydes is 1. The lowest BCUT2D eigenvalue weighted by Gasteiger charge is -2.12. The van der Waals surface area contributed by atoms with E-state index in [0.717, 1.165) is 16.2 Å². The standard InChI is InChI=1S/C22H16O5/c1-25-17-7-9-19(15(10-17)12-23)26-13-16-11-21(24)27-20-8-6-14-4-2-3-5-18(14)22(16)20/h2-12H,13H2,1H3. The minimum absolute atomic E-state index is 0.128. The first-order chi connectivity index (χ1) is 13.2. The van der Waals surface area contributed by atoms with Crippen LogP contribution in [0, 0.1) is 0 Å². The summed E-state index contributed by atoms with van der Waals surface area (Å²) in [5.74, 6) is 0.994. The van der Waals surface area contributed by atoms with Gasteiger partial charge in [0.1, 0.15) is 23.7 Å². The van der Waals surface area contributed by atoms with Crippen molar-refractivity contribution >= 4 is 28.0 Å². The maximum Gasteiger partial charge on any atom is 0.336 e. The summed E-state index contributed by atoms with van der Waals surface area (Å²) in [7, 11) is 1.53. The van der Waals surface area contributed by atoms with E-state index in [2.05, 4.69) is 0 Å². The van der Waals surface area contributed by atoms with E-state index in [9.17, 15) is 9.59 Å². The Kier molecular flexibility index (Phi) is 4.34. The highest BCUT2D eigenvalue weighted by Gasteiger charge is 2.12. The van der Waals surface area contributed by atoms with E-state index in [1.54, 1.807) is 24.3 Å². The molecule has 4 aromatic rings. The summed E-state index contributed by atoms with van der Waals surface area (Å²) in [4.78, 5) is 23.3. The third-order valence-corrected chi connectivity index (χ3v) is 4.44. The highest BCUT2D eigenvalue weighted by molar-refractivity contribution is 6.07. The molecule has 0 bridgehead atoms. The number of benzene rings is 3. The number of carbonyl (C=O) groups is 1. The second-order valence-corrected chi connectivity index (χ2v) is 6.06. The summed E-state index contributed by atoms with van der Waals surface area (Å²) >= 11 is 0. The molecular weight excluding hydrogens is 344 g/mol. The quantitative estimate of drug-likeness (QED) is 0.301. The molecule has 134 valence electrons. The maximum atomic E-state index is 12.0. The lowest BCUT2D eigenvalue weighted by molar-refractivity contribution is 0.111. The van der Waals surface area contributed by atoms with Crippen molar-refractivity contribution in [1.82, 2.24) is 0 Å². The molecule has 0 saturated heterocycles. The van der Waals surface area contributed by atoms with Crippen molar-refractivity contribution in [3.8, 4) is 11.5 Å². The van der Waals surface area contributed by atoms with E-state index in [4.69, 9.17) is 13.9 Å². The van der Waals surface area contributed by atoms with Gasteiger partial charge >= 0.3 is 5.63 Å². The van der Waals surface area contributed by atoms with Gasteiger partial charge < -0.3 is 13.9 Å². The molecular formula is C22H16O5. The maximum absolute atomic E-state index is 12.0. The molecule has 0 spiro atoms. The van der Waals surface area contributed by atoms with Crippen LogP contribution in [0.15, 0.2) is 69.9 Å². The van der Waals surface area contributed by atoms with E-state index in [-0.39, 0.29) is 6.61 Å². The molecule has 0 aliphatic carbocycles. The molecule has 1 aromatic heterocycles. The van der Waals surface area contributed by atoms with Crippen LogP contribution in [-0.4, -0.2) is 13.4 Å². The Morgan fingerprint density at radius 1 is 1.04 bits per heavy atom. The first-order valence-corrected chi connectivity index (χ1v) is 8.40. The van der Waals surface area contributed by atoms with Gasteiger partial charge in [-0.05, 0) is 35.0 Å². The molecule has 0 fully saturated rings. The zero-order chi connectivity index (χ0) is 18.8. The summed E-state index contributed by atoms with van der Waals surface area (Å²) < 4.78 is 16.3. The van der Waals surface area contributed by atoms with Gasteiger partial charge in [-0.3, -0.25) is 4.79 Å². The van der Waals surface area contributed by atoms with Gasteiger partial charge in [0.15, 0.2) is 6.29 Å². The molecule has 5 nitrogen and oxygen atoms in total. The van der Waals surface area contributed by atoms with E-state index in [0.29, 0.717) is 34.5 Å². The van der Waals surface area contributed by atoms with Gasteiger partial charge in [-0.15, -0.1) is 0 Å². The molecule has 0 N–H and O–H groups in total. The number of methoxy groups -OCH3 is 1. The first-order valence-electron chi connectivity index (χ1n) is 8.40.